The summed E-state index contributed by atoms with van der Waals surface area (Å²) in [5, 5.41) is 11.2. The van der Waals surface area contributed by atoms with E-state index in [0.29, 0.717) is 17.5 Å². The summed E-state index contributed by atoms with van der Waals surface area (Å²) >= 11 is 5.64. The van der Waals surface area contributed by atoms with Crippen molar-refractivity contribution in [3.05, 3.63) is 46.9 Å². The molecular weight excluding hydrogens is 224 g/mol. The highest BCUT2D eigenvalue weighted by molar-refractivity contribution is 6.29. The number of aromatic nitrogens is 3. The average Bonchev–Trinajstić information content (AvgIpc) is 2.30. The van der Waals surface area contributed by atoms with Crippen molar-refractivity contribution in [2.24, 2.45) is 0 Å². The molecule has 16 heavy (non-hydrogen) atoms. The molecule has 82 valence electrons. The first-order valence-electron chi connectivity index (χ1n) is 4.88. The van der Waals surface area contributed by atoms with E-state index in [0.717, 1.165) is 5.56 Å². The van der Waals surface area contributed by atoms with E-state index in [1.165, 1.54) is 5.56 Å². The van der Waals surface area contributed by atoms with Crippen molar-refractivity contribution in [1.82, 2.24) is 15.2 Å². The Balaban J connectivity index is 2.02. The van der Waals surface area contributed by atoms with E-state index in [1.54, 1.807) is 18.3 Å². The molecule has 5 heteroatoms. The van der Waals surface area contributed by atoms with E-state index < -0.39 is 0 Å². The van der Waals surface area contributed by atoms with Crippen molar-refractivity contribution in [3.63, 3.8) is 0 Å². The number of aryl methyl sites for hydroxylation is 1. The van der Waals surface area contributed by atoms with E-state index in [4.69, 9.17) is 11.6 Å². The Morgan fingerprint density at radius 3 is 2.81 bits per heavy atom. The van der Waals surface area contributed by atoms with Gasteiger partial charge in [0.15, 0.2) is 5.15 Å². The molecule has 0 atom stereocenters. The molecule has 0 saturated carbocycles. The van der Waals surface area contributed by atoms with Crippen LogP contribution in [0.2, 0.25) is 5.15 Å². The van der Waals surface area contributed by atoms with Crippen molar-refractivity contribution < 1.29 is 0 Å². The third-order valence-corrected chi connectivity index (χ3v) is 2.43. The summed E-state index contributed by atoms with van der Waals surface area (Å²) < 4.78 is 0. The molecule has 0 aromatic carbocycles. The SMILES string of the molecule is Cc1cnccc1CNc1ccc(Cl)nn1. The van der Waals surface area contributed by atoms with Crippen LogP contribution < -0.4 is 5.32 Å². The van der Waals surface area contributed by atoms with E-state index in [1.807, 2.05) is 19.2 Å². The van der Waals surface area contributed by atoms with E-state index >= 15 is 0 Å². The Kier molecular flexibility index (Phi) is 3.31. The van der Waals surface area contributed by atoms with Gasteiger partial charge in [-0.25, -0.2) is 0 Å². The Labute approximate surface area is 98.7 Å². The predicted molar refractivity (Wildman–Crippen MR) is 63.3 cm³/mol. The number of halogens is 1. The van der Waals surface area contributed by atoms with Crippen LogP contribution in [0.4, 0.5) is 5.82 Å². The van der Waals surface area contributed by atoms with Gasteiger partial charge in [-0.05, 0) is 36.2 Å². The maximum Gasteiger partial charge on any atom is 0.151 e. The first-order valence-corrected chi connectivity index (χ1v) is 5.26. The molecule has 0 spiro atoms. The van der Waals surface area contributed by atoms with Gasteiger partial charge in [-0.15, -0.1) is 10.2 Å². The zero-order valence-corrected chi connectivity index (χ0v) is 9.57. The molecule has 0 aliphatic carbocycles. The van der Waals surface area contributed by atoms with Gasteiger partial charge in [-0.3, -0.25) is 4.98 Å². The van der Waals surface area contributed by atoms with Crippen LogP contribution in [-0.2, 0) is 6.54 Å². The fraction of sp³-hybridized carbons (Fsp3) is 0.182. The molecule has 0 radical (unpaired) electrons. The molecule has 2 aromatic heterocycles. The van der Waals surface area contributed by atoms with Gasteiger partial charge in [-0.2, -0.15) is 0 Å². The summed E-state index contributed by atoms with van der Waals surface area (Å²) in [6.07, 6.45) is 3.61. The van der Waals surface area contributed by atoms with Gasteiger partial charge in [0.2, 0.25) is 0 Å². The summed E-state index contributed by atoms with van der Waals surface area (Å²) in [6.45, 7) is 2.72. The molecule has 2 rings (SSSR count). The number of hydrogen-bond donors (Lipinski definition) is 1. The normalized spacial score (nSPS) is 10.1. The van der Waals surface area contributed by atoms with Crippen molar-refractivity contribution in [2.45, 2.75) is 13.5 Å². The fourth-order valence-corrected chi connectivity index (χ4v) is 1.40. The minimum Gasteiger partial charge on any atom is -0.364 e. The zero-order chi connectivity index (χ0) is 11.4. The second-order valence-corrected chi connectivity index (χ2v) is 3.78. The van der Waals surface area contributed by atoms with E-state index in [-0.39, 0.29) is 0 Å². The Morgan fingerprint density at radius 1 is 1.25 bits per heavy atom. The van der Waals surface area contributed by atoms with Gasteiger partial charge in [0.1, 0.15) is 5.82 Å². The largest absolute Gasteiger partial charge is 0.364 e. The first-order chi connectivity index (χ1) is 7.75. The lowest BCUT2D eigenvalue weighted by atomic mass is 10.1. The third kappa shape index (κ3) is 2.67. The van der Waals surface area contributed by atoms with Gasteiger partial charge in [-0.1, -0.05) is 11.6 Å². The Bertz CT molecular complexity index is 470. The minimum absolute atomic E-state index is 0.394. The van der Waals surface area contributed by atoms with Crippen LogP contribution in [0.3, 0.4) is 0 Å². The topological polar surface area (TPSA) is 50.7 Å². The van der Waals surface area contributed by atoms with Crippen LogP contribution in [0.5, 0.6) is 0 Å². The summed E-state index contributed by atoms with van der Waals surface area (Å²) in [4.78, 5) is 4.04. The maximum atomic E-state index is 5.64. The molecule has 0 saturated heterocycles. The number of hydrogen-bond acceptors (Lipinski definition) is 4. The molecule has 4 nitrogen and oxygen atoms in total. The zero-order valence-electron chi connectivity index (χ0n) is 8.81. The van der Waals surface area contributed by atoms with Gasteiger partial charge < -0.3 is 5.32 Å². The van der Waals surface area contributed by atoms with Crippen molar-refractivity contribution in [3.8, 4) is 0 Å². The van der Waals surface area contributed by atoms with E-state index in [9.17, 15) is 0 Å². The van der Waals surface area contributed by atoms with Crippen molar-refractivity contribution >= 4 is 17.4 Å². The lowest BCUT2D eigenvalue weighted by molar-refractivity contribution is 0.993. The van der Waals surface area contributed by atoms with Crippen LogP contribution in [-0.4, -0.2) is 15.2 Å². The molecule has 0 aliphatic rings. The molecule has 2 aromatic rings. The molecule has 2 heterocycles. The molecular formula is C11H11ClN4. The molecule has 0 bridgehead atoms. The van der Waals surface area contributed by atoms with Crippen molar-refractivity contribution in [2.75, 3.05) is 5.32 Å². The Hall–Kier alpha value is -1.68. The molecule has 0 aliphatic heterocycles. The molecule has 1 N–H and O–H groups in total. The van der Waals surface area contributed by atoms with Gasteiger partial charge >= 0.3 is 0 Å². The average molecular weight is 235 g/mol. The second-order valence-electron chi connectivity index (χ2n) is 3.40. The Morgan fingerprint density at radius 2 is 2.12 bits per heavy atom. The third-order valence-electron chi connectivity index (χ3n) is 2.23. The van der Waals surface area contributed by atoms with Crippen LogP contribution in [0.25, 0.3) is 0 Å². The van der Waals surface area contributed by atoms with Gasteiger partial charge in [0.05, 0.1) is 0 Å². The number of anilines is 1. The van der Waals surface area contributed by atoms with Crippen LogP contribution in [0.15, 0.2) is 30.6 Å². The van der Waals surface area contributed by atoms with Crippen LogP contribution in [0.1, 0.15) is 11.1 Å². The van der Waals surface area contributed by atoms with Crippen LogP contribution in [0, 0.1) is 6.92 Å². The second kappa shape index (κ2) is 4.90. The number of pyridine rings is 1. The minimum atomic E-state index is 0.394. The molecule has 0 amide bonds. The maximum absolute atomic E-state index is 5.64. The standard InChI is InChI=1S/C11H11ClN4/c1-8-6-13-5-4-9(8)7-14-11-3-2-10(12)15-16-11/h2-6H,7H2,1H3,(H,14,16). The number of rotatable bonds is 3. The fourth-order valence-electron chi connectivity index (χ4n) is 1.30. The molecule has 0 fully saturated rings. The number of nitrogens with one attached hydrogen (secondary N) is 1. The quantitative estimate of drug-likeness (QED) is 0.886. The summed E-state index contributed by atoms with van der Waals surface area (Å²) in [6, 6.07) is 5.48. The lowest BCUT2D eigenvalue weighted by Crippen LogP contribution is -2.03. The van der Waals surface area contributed by atoms with Crippen LogP contribution >= 0.6 is 11.6 Å². The summed E-state index contributed by atoms with van der Waals surface area (Å²) in [5.41, 5.74) is 2.34. The number of nitrogens with zero attached hydrogens (tertiary/aromatic N) is 3. The highest BCUT2D eigenvalue weighted by Gasteiger charge is 1.99. The highest BCUT2D eigenvalue weighted by Crippen LogP contribution is 2.10. The molecule has 0 unspecified atom stereocenters. The smallest absolute Gasteiger partial charge is 0.151 e. The van der Waals surface area contributed by atoms with Gasteiger partial charge in [0, 0.05) is 18.9 Å². The highest BCUT2D eigenvalue weighted by atomic mass is 35.5. The van der Waals surface area contributed by atoms with Crippen molar-refractivity contribution in [1.29, 1.82) is 0 Å². The summed E-state index contributed by atoms with van der Waals surface area (Å²) in [7, 11) is 0. The lowest BCUT2D eigenvalue weighted by Gasteiger charge is -2.06. The van der Waals surface area contributed by atoms with E-state index in [2.05, 4.69) is 20.5 Å². The predicted octanol–water partition coefficient (Wildman–Crippen LogP) is 2.45. The summed E-state index contributed by atoms with van der Waals surface area (Å²) in [5.74, 6) is 0.709. The van der Waals surface area contributed by atoms with Gasteiger partial charge in [0.25, 0.3) is 0 Å². The monoisotopic (exact) mass is 234 g/mol. The first kappa shape index (κ1) is 10.8.